The molecular weight excluding hydrogens is 384 g/mol. The zero-order valence-corrected chi connectivity index (χ0v) is 17.2. The van der Waals surface area contributed by atoms with Crippen molar-refractivity contribution in [2.45, 2.75) is 51.5 Å². The highest BCUT2D eigenvalue weighted by Gasteiger charge is 2.18. The maximum atomic E-state index is 9.27. The van der Waals surface area contributed by atoms with Crippen LogP contribution in [0, 0.1) is 18.3 Å². The molecule has 0 saturated heterocycles. The number of rotatable bonds is 5. The van der Waals surface area contributed by atoms with Gasteiger partial charge < -0.3 is 5.32 Å². The van der Waals surface area contributed by atoms with Gasteiger partial charge in [-0.3, -0.25) is 4.57 Å². The number of hydrogen-bond acceptors (Lipinski definition) is 5. The number of aromatic nitrogens is 4. The molecule has 2 heterocycles. The predicted octanol–water partition coefficient (Wildman–Crippen LogP) is 5.10. The quantitative estimate of drug-likeness (QED) is 0.637. The van der Waals surface area contributed by atoms with E-state index in [4.69, 9.17) is 16.6 Å². The average Bonchev–Trinajstić information content (AvgIpc) is 3.15. The monoisotopic (exact) mass is 406 g/mol. The standard InChI is InChI=1S/C22H23ClN6/c1-15-13-16(7-8-19(15)23)21-26-14-18(9-11-24)29(21)20-10-12-25-22(28-20)27-17-5-3-2-4-6-17/h7-8,10,12-14,17H,2-6,9H2,1H3,(H,25,27,28). The van der Waals surface area contributed by atoms with Crippen molar-refractivity contribution < 1.29 is 0 Å². The largest absolute Gasteiger partial charge is 0.351 e. The topological polar surface area (TPSA) is 79.4 Å². The number of aryl methyl sites for hydroxylation is 1. The normalized spacial score (nSPS) is 14.5. The summed E-state index contributed by atoms with van der Waals surface area (Å²) in [5, 5.41) is 13.5. The zero-order valence-electron chi connectivity index (χ0n) is 16.4. The molecule has 1 fully saturated rings. The van der Waals surface area contributed by atoms with Gasteiger partial charge in [-0.05, 0) is 49.6 Å². The smallest absolute Gasteiger partial charge is 0.224 e. The van der Waals surface area contributed by atoms with Gasteiger partial charge in [0.25, 0.3) is 0 Å². The Labute approximate surface area is 175 Å². The molecule has 1 aromatic carbocycles. The summed E-state index contributed by atoms with van der Waals surface area (Å²) in [5.74, 6) is 2.05. The number of nitrogens with one attached hydrogen (secondary N) is 1. The van der Waals surface area contributed by atoms with E-state index in [0.717, 1.165) is 35.5 Å². The van der Waals surface area contributed by atoms with Crippen LogP contribution in [0.4, 0.5) is 5.95 Å². The molecular formula is C22H23ClN6. The maximum Gasteiger partial charge on any atom is 0.224 e. The Morgan fingerprint density at radius 3 is 2.79 bits per heavy atom. The van der Waals surface area contributed by atoms with Crippen molar-refractivity contribution in [3.8, 4) is 23.3 Å². The molecule has 0 atom stereocenters. The fourth-order valence-electron chi connectivity index (χ4n) is 3.81. The highest BCUT2D eigenvalue weighted by molar-refractivity contribution is 6.31. The molecule has 1 N–H and O–H groups in total. The van der Waals surface area contributed by atoms with Crippen LogP contribution in [-0.4, -0.2) is 25.6 Å². The number of imidazole rings is 1. The minimum atomic E-state index is 0.245. The summed E-state index contributed by atoms with van der Waals surface area (Å²) in [6.07, 6.45) is 9.81. The van der Waals surface area contributed by atoms with Gasteiger partial charge in [0.2, 0.25) is 5.95 Å². The third kappa shape index (κ3) is 4.25. The summed E-state index contributed by atoms with van der Waals surface area (Å²) < 4.78 is 1.93. The van der Waals surface area contributed by atoms with E-state index >= 15 is 0 Å². The summed E-state index contributed by atoms with van der Waals surface area (Å²) >= 11 is 6.19. The van der Waals surface area contributed by atoms with E-state index in [2.05, 4.69) is 21.4 Å². The predicted molar refractivity (Wildman–Crippen MR) is 114 cm³/mol. The van der Waals surface area contributed by atoms with Gasteiger partial charge in [0, 0.05) is 22.8 Å². The fraction of sp³-hybridized carbons (Fsp3) is 0.364. The van der Waals surface area contributed by atoms with Crippen LogP contribution in [0.25, 0.3) is 17.2 Å². The van der Waals surface area contributed by atoms with E-state index in [9.17, 15) is 5.26 Å². The lowest BCUT2D eigenvalue weighted by Crippen LogP contribution is -2.23. The molecule has 0 aliphatic heterocycles. The molecule has 0 bridgehead atoms. The number of anilines is 1. The zero-order chi connectivity index (χ0) is 20.2. The Hall–Kier alpha value is -2.91. The second-order valence-electron chi connectivity index (χ2n) is 7.43. The van der Waals surface area contributed by atoms with Crippen molar-refractivity contribution >= 4 is 17.5 Å². The minimum Gasteiger partial charge on any atom is -0.351 e. The van der Waals surface area contributed by atoms with Crippen LogP contribution < -0.4 is 5.32 Å². The highest BCUT2D eigenvalue weighted by Crippen LogP contribution is 2.28. The number of nitriles is 1. The first-order chi connectivity index (χ1) is 14.2. The molecule has 3 aromatic rings. The van der Waals surface area contributed by atoms with Gasteiger partial charge >= 0.3 is 0 Å². The molecule has 1 saturated carbocycles. The third-order valence-corrected chi connectivity index (χ3v) is 5.74. The van der Waals surface area contributed by atoms with Crippen molar-refractivity contribution in [1.29, 1.82) is 5.26 Å². The third-order valence-electron chi connectivity index (χ3n) is 5.32. The van der Waals surface area contributed by atoms with Crippen molar-refractivity contribution in [2.24, 2.45) is 0 Å². The first-order valence-corrected chi connectivity index (χ1v) is 10.3. The second-order valence-corrected chi connectivity index (χ2v) is 7.83. The molecule has 0 amide bonds. The summed E-state index contributed by atoms with van der Waals surface area (Å²) in [6, 6.07) is 10.3. The van der Waals surface area contributed by atoms with Gasteiger partial charge in [-0.1, -0.05) is 30.9 Å². The molecule has 0 spiro atoms. The highest BCUT2D eigenvalue weighted by atomic mass is 35.5. The minimum absolute atomic E-state index is 0.245. The maximum absolute atomic E-state index is 9.27. The van der Waals surface area contributed by atoms with E-state index in [0.29, 0.717) is 22.8 Å². The molecule has 4 rings (SSSR count). The SMILES string of the molecule is Cc1cc(-c2ncc(CC#N)n2-c2ccnc(NC3CCCCC3)n2)ccc1Cl. The van der Waals surface area contributed by atoms with Gasteiger partial charge in [-0.25, -0.2) is 9.97 Å². The molecule has 1 aliphatic rings. The van der Waals surface area contributed by atoms with Crippen molar-refractivity contribution in [1.82, 2.24) is 19.5 Å². The van der Waals surface area contributed by atoms with Crippen LogP contribution in [0.1, 0.15) is 43.4 Å². The number of nitrogens with zero attached hydrogens (tertiary/aromatic N) is 5. The Morgan fingerprint density at radius 2 is 2.03 bits per heavy atom. The average molecular weight is 407 g/mol. The number of halogens is 1. The van der Waals surface area contributed by atoms with E-state index in [-0.39, 0.29) is 6.42 Å². The van der Waals surface area contributed by atoms with Crippen LogP contribution in [-0.2, 0) is 6.42 Å². The first kappa shape index (κ1) is 19.4. The summed E-state index contributed by atoms with van der Waals surface area (Å²) in [7, 11) is 0. The summed E-state index contributed by atoms with van der Waals surface area (Å²) in [4.78, 5) is 13.7. The van der Waals surface area contributed by atoms with Gasteiger partial charge in [0.05, 0.1) is 24.4 Å². The van der Waals surface area contributed by atoms with Crippen molar-refractivity contribution in [3.63, 3.8) is 0 Å². The molecule has 7 heteroatoms. The fourth-order valence-corrected chi connectivity index (χ4v) is 3.93. The van der Waals surface area contributed by atoms with Crippen molar-refractivity contribution in [2.75, 3.05) is 5.32 Å². The molecule has 29 heavy (non-hydrogen) atoms. The van der Waals surface area contributed by atoms with Crippen LogP contribution in [0.2, 0.25) is 5.02 Å². The van der Waals surface area contributed by atoms with Gasteiger partial charge in [-0.2, -0.15) is 10.2 Å². The lowest BCUT2D eigenvalue weighted by atomic mass is 9.96. The molecule has 0 unspecified atom stereocenters. The summed E-state index contributed by atoms with van der Waals surface area (Å²) in [5.41, 5.74) is 2.69. The van der Waals surface area contributed by atoms with Crippen LogP contribution in [0.5, 0.6) is 0 Å². The lowest BCUT2D eigenvalue weighted by molar-refractivity contribution is 0.461. The van der Waals surface area contributed by atoms with Gasteiger partial charge in [0.15, 0.2) is 0 Å². The Bertz CT molecular complexity index is 1050. The van der Waals surface area contributed by atoms with E-state index < -0.39 is 0 Å². The van der Waals surface area contributed by atoms with Crippen LogP contribution in [0.15, 0.2) is 36.7 Å². The van der Waals surface area contributed by atoms with Gasteiger partial charge in [-0.15, -0.1) is 0 Å². The number of hydrogen-bond donors (Lipinski definition) is 1. The Balaban J connectivity index is 1.73. The Kier molecular flexibility index (Phi) is 5.77. The lowest BCUT2D eigenvalue weighted by Gasteiger charge is -2.23. The Morgan fingerprint density at radius 1 is 1.21 bits per heavy atom. The molecule has 1 aliphatic carbocycles. The summed E-state index contributed by atoms with van der Waals surface area (Å²) in [6.45, 7) is 1.96. The van der Waals surface area contributed by atoms with E-state index in [1.165, 1.54) is 19.3 Å². The molecule has 148 valence electrons. The number of benzene rings is 1. The van der Waals surface area contributed by atoms with Crippen LogP contribution >= 0.6 is 11.6 Å². The first-order valence-electron chi connectivity index (χ1n) is 9.96. The van der Waals surface area contributed by atoms with Crippen LogP contribution in [0.3, 0.4) is 0 Å². The molecule has 6 nitrogen and oxygen atoms in total. The van der Waals surface area contributed by atoms with Gasteiger partial charge in [0.1, 0.15) is 11.6 Å². The second kappa shape index (κ2) is 8.62. The van der Waals surface area contributed by atoms with Crippen molar-refractivity contribution in [3.05, 3.63) is 52.9 Å². The van der Waals surface area contributed by atoms with E-state index in [1.807, 2.05) is 35.8 Å². The molecule has 2 aromatic heterocycles. The van der Waals surface area contributed by atoms with E-state index in [1.54, 1.807) is 12.4 Å². The molecule has 0 radical (unpaired) electrons.